The predicted octanol–water partition coefficient (Wildman–Crippen LogP) is 3.79. The van der Waals surface area contributed by atoms with Gasteiger partial charge in [0.25, 0.3) is 0 Å². The van der Waals surface area contributed by atoms with Crippen molar-refractivity contribution < 1.29 is 32.7 Å². The molecule has 1 atom stereocenters. The molecule has 35 heavy (non-hydrogen) atoms. The molecule has 1 unspecified atom stereocenters. The van der Waals surface area contributed by atoms with Crippen LogP contribution in [0, 0.1) is 10.2 Å². The molecule has 0 fully saturated rings. The van der Waals surface area contributed by atoms with Crippen LogP contribution in [0.1, 0.15) is 30.0 Å². The number of hydrogen-bond acceptors (Lipinski definition) is 5. The summed E-state index contributed by atoms with van der Waals surface area (Å²) in [6.07, 6.45) is 6.40. The van der Waals surface area contributed by atoms with Gasteiger partial charge in [0.2, 0.25) is 0 Å². The van der Waals surface area contributed by atoms with Crippen LogP contribution >= 0.6 is 10.8 Å². The molecule has 1 aliphatic rings. The molecule has 0 saturated heterocycles. The number of halogens is 1. The molecule has 180 valence electrons. The van der Waals surface area contributed by atoms with E-state index in [2.05, 4.69) is 0 Å². The zero-order chi connectivity index (χ0) is 24.8. The molecule has 4 rings (SSSR count). The topological polar surface area (TPSA) is 87.6 Å². The van der Waals surface area contributed by atoms with E-state index in [4.69, 9.17) is 8.47 Å². The molecule has 1 heterocycles. The molecule has 5 nitrogen and oxygen atoms in total. The van der Waals surface area contributed by atoms with Crippen LogP contribution in [0.3, 0.4) is 0 Å². The van der Waals surface area contributed by atoms with Crippen LogP contribution in [-0.4, -0.2) is 12.0 Å². The van der Waals surface area contributed by atoms with Crippen LogP contribution in [0.4, 0.5) is 0 Å². The number of rotatable bonds is 8. The Morgan fingerprint density at radius 2 is 1.43 bits per heavy atom. The number of ether oxygens (including phenoxy) is 1. The number of hydrogen-bond donors (Lipinski definition) is 0. The summed E-state index contributed by atoms with van der Waals surface area (Å²) in [6.45, 7) is 2.02. The van der Waals surface area contributed by atoms with E-state index in [-0.39, 0.29) is 0 Å². The second kappa shape index (κ2) is 11.2. The Bertz CT molecular complexity index is 1290. The third-order valence-electron chi connectivity index (χ3n) is 5.46. The number of benzene rings is 3. The predicted molar refractivity (Wildman–Crippen MR) is 133 cm³/mol. The second-order valence-electron chi connectivity index (χ2n) is 7.70. The zero-order valence-corrected chi connectivity index (χ0v) is 20.9. The van der Waals surface area contributed by atoms with Gasteiger partial charge in [-0.2, -0.15) is 14.0 Å². The lowest BCUT2D eigenvalue weighted by Crippen LogP contribution is -2.60. The molecule has 0 bridgehead atoms. The molecule has 0 spiro atoms. The van der Waals surface area contributed by atoms with Gasteiger partial charge in [-0.1, -0.05) is 79.7 Å². The first kappa shape index (κ1) is 25.1. The fourth-order valence-electron chi connectivity index (χ4n) is 3.77. The Morgan fingerprint density at radius 1 is 0.829 bits per heavy atom. The molecule has 0 N–H and O–H groups in total. The van der Waals surface area contributed by atoms with Crippen molar-refractivity contribution >= 4 is 26.8 Å². The summed E-state index contributed by atoms with van der Waals surface area (Å²) in [5, 5.41) is 0. The van der Waals surface area contributed by atoms with Crippen LogP contribution in [0.5, 0.6) is 5.75 Å². The van der Waals surface area contributed by atoms with Crippen molar-refractivity contribution in [1.29, 1.82) is 0 Å². The van der Waals surface area contributed by atoms with Gasteiger partial charge in [0, 0.05) is 4.91 Å². The van der Waals surface area contributed by atoms with Crippen LogP contribution in [0.2, 0.25) is 0 Å². The van der Waals surface area contributed by atoms with Gasteiger partial charge in [-0.05, 0) is 64.6 Å². The summed E-state index contributed by atoms with van der Waals surface area (Å²) < 4.78 is 45.8. The van der Waals surface area contributed by atoms with E-state index >= 15 is 0 Å². The van der Waals surface area contributed by atoms with Gasteiger partial charge in [-0.3, -0.25) is 0 Å². The monoisotopic (exact) mass is 508 g/mol. The Hall–Kier alpha value is -2.97. The van der Waals surface area contributed by atoms with Crippen molar-refractivity contribution in [3.63, 3.8) is 0 Å². The molecule has 0 saturated carbocycles. The molecular weight excluding hydrogens is 484 g/mol. The summed E-state index contributed by atoms with van der Waals surface area (Å²) in [7, 11) is -4.50. The Kier molecular flexibility index (Phi) is 8.03. The van der Waals surface area contributed by atoms with Crippen molar-refractivity contribution in [2.45, 2.75) is 13.3 Å². The summed E-state index contributed by atoms with van der Waals surface area (Å²) >= 11 is 0. The highest BCUT2D eigenvalue weighted by molar-refractivity contribution is 8.15. The minimum absolute atomic E-state index is 0.602. The number of allylic oxidation sites excluding steroid dienone is 5. The lowest BCUT2D eigenvalue weighted by molar-refractivity contribution is -1.91. The van der Waals surface area contributed by atoms with Crippen molar-refractivity contribution in [3.05, 3.63) is 125 Å². The van der Waals surface area contributed by atoms with Gasteiger partial charge >= 0.3 is 0 Å². The molecular formula is C28H25ClO5S. The minimum Gasteiger partial charge on any atom is -0.497 e. The van der Waals surface area contributed by atoms with Gasteiger partial charge < -0.3 is 4.74 Å². The normalized spacial score (nSPS) is 16.5. The van der Waals surface area contributed by atoms with Gasteiger partial charge in [0.1, 0.15) is 20.3 Å². The molecule has 0 radical (unpaired) electrons. The van der Waals surface area contributed by atoms with E-state index in [9.17, 15) is 14.0 Å². The van der Waals surface area contributed by atoms with Crippen molar-refractivity contribution in [2.24, 2.45) is 0 Å². The summed E-state index contributed by atoms with van der Waals surface area (Å²) in [4.78, 5) is 1.22. The standard InChI is InChI=1S/C28H25ClO5S/c1-3-21(23-14-16-26(33-2)17-15-23)18-27-19-25(22-10-6-4-7-11-22)20-28(24-12-8-5-9-13-24)35(27)34-29(30,31)32/h4-20H,3H2,1-2H3. The Labute approximate surface area is 210 Å². The zero-order valence-electron chi connectivity index (χ0n) is 19.3. The SMILES string of the molecule is CCC(=CC1=CC(c2ccccc2)=CC(c2ccccc2)=S1O[Cl+3]([O-])([O-])[O-])c1ccc(OC)cc1. The van der Waals surface area contributed by atoms with E-state index in [1.54, 1.807) is 7.11 Å². The van der Waals surface area contributed by atoms with Crippen molar-refractivity contribution in [3.8, 4) is 5.75 Å². The van der Waals surface area contributed by atoms with Gasteiger partial charge in [-0.25, -0.2) is 0 Å². The third kappa shape index (κ3) is 6.38. The van der Waals surface area contributed by atoms with Gasteiger partial charge in [0.05, 0.1) is 22.2 Å². The van der Waals surface area contributed by atoms with Crippen molar-refractivity contribution in [1.82, 2.24) is 0 Å². The maximum absolute atomic E-state index is 11.8. The summed E-state index contributed by atoms with van der Waals surface area (Å²) in [5.74, 6) is 0.745. The first-order valence-corrected chi connectivity index (χ1v) is 13.4. The lowest BCUT2D eigenvalue weighted by Gasteiger charge is -2.21. The molecule has 0 aliphatic carbocycles. The van der Waals surface area contributed by atoms with E-state index in [0.717, 1.165) is 33.6 Å². The highest BCUT2D eigenvalue weighted by atomic mass is 35.7. The molecule has 3 aromatic rings. The number of methoxy groups -OCH3 is 1. The first-order chi connectivity index (χ1) is 16.9. The summed E-state index contributed by atoms with van der Waals surface area (Å²) in [5.41, 5.74) is 4.59. The fraction of sp³-hybridized carbons (Fsp3) is 0.107. The molecule has 0 aromatic heterocycles. The van der Waals surface area contributed by atoms with E-state index in [1.807, 2.05) is 110 Å². The Balaban J connectivity index is 1.93. The smallest absolute Gasteiger partial charge is 0.147 e. The average Bonchev–Trinajstić information content (AvgIpc) is 2.88. The highest BCUT2D eigenvalue weighted by Gasteiger charge is 2.30. The first-order valence-electron chi connectivity index (χ1n) is 11.0. The third-order valence-corrected chi connectivity index (χ3v) is 8.00. The largest absolute Gasteiger partial charge is 0.497 e. The van der Waals surface area contributed by atoms with Crippen LogP contribution < -0.4 is 18.7 Å². The average molecular weight is 509 g/mol. The van der Waals surface area contributed by atoms with Gasteiger partial charge in [0.15, 0.2) is 0 Å². The molecule has 1 aliphatic heterocycles. The second-order valence-corrected chi connectivity index (χ2v) is 10.4. The van der Waals surface area contributed by atoms with Crippen LogP contribution in [0.25, 0.3) is 11.1 Å². The summed E-state index contributed by atoms with van der Waals surface area (Å²) in [6, 6.07) is 26.8. The fourth-order valence-corrected chi connectivity index (χ4v) is 6.27. The quantitative estimate of drug-likeness (QED) is 0.432. The van der Waals surface area contributed by atoms with Crippen LogP contribution in [0.15, 0.2) is 108 Å². The van der Waals surface area contributed by atoms with Crippen molar-refractivity contribution in [2.75, 3.05) is 7.11 Å². The van der Waals surface area contributed by atoms with Gasteiger partial charge in [-0.15, -0.1) is 0 Å². The maximum Gasteiger partial charge on any atom is 0.147 e. The minimum atomic E-state index is -4.66. The maximum atomic E-state index is 11.8. The highest BCUT2D eigenvalue weighted by Crippen LogP contribution is 2.42. The van der Waals surface area contributed by atoms with Crippen LogP contribution in [-0.2, 0) is 3.74 Å². The molecule has 7 heteroatoms. The van der Waals surface area contributed by atoms with E-state index in [0.29, 0.717) is 16.2 Å². The lowest BCUT2D eigenvalue weighted by atomic mass is 10.00. The Morgan fingerprint density at radius 3 is 1.97 bits per heavy atom. The van der Waals surface area contributed by atoms with E-state index in [1.165, 1.54) is 0 Å². The molecule has 3 aromatic carbocycles. The molecule has 0 amide bonds. The van der Waals surface area contributed by atoms with E-state index < -0.39 is 21.0 Å².